The molecule has 1 fully saturated rings. The number of nitrogens with zero attached hydrogens (tertiary/aromatic N) is 3. The molecule has 1 N–H and O–H groups in total. The molecule has 0 atom stereocenters. The van der Waals surface area contributed by atoms with Crippen LogP contribution in [-0.4, -0.2) is 55.0 Å². The first-order valence-electron chi connectivity index (χ1n) is 11.6. The molecule has 3 aromatic rings. The van der Waals surface area contributed by atoms with E-state index in [4.69, 9.17) is 14.5 Å². The third kappa shape index (κ3) is 4.91. The Morgan fingerprint density at radius 2 is 1.83 bits per heavy atom. The minimum Gasteiger partial charge on any atom is -0.497 e. The fourth-order valence-corrected chi connectivity index (χ4v) is 4.30. The number of fused-ring (bicyclic) bond motifs is 2. The Hall–Kier alpha value is -4.07. The van der Waals surface area contributed by atoms with Crippen LogP contribution >= 0.6 is 0 Å². The Labute approximate surface area is 203 Å². The van der Waals surface area contributed by atoms with Gasteiger partial charge in [-0.1, -0.05) is 6.07 Å². The Bertz CT molecular complexity index is 1280. The van der Waals surface area contributed by atoms with Gasteiger partial charge in [0.2, 0.25) is 0 Å². The largest absolute Gasteiger partial charge is 0.497 e. The molecule has 180 valence electrons. The molecule has 0 spiro atoms. The van der Waals surface area contributed by atoms with Crippen LogP contribution in [0.5, 0.6) is 17.2 Å². The highest BCUT2D eigenvalue weighted by atomic mass is 19.1. The lowest BCUT2D eigenvalue weighted by atomic mass is 10.1. The molecular formula is C27H27FN4O3. The number of aliphatic imine (C=N–C) groups is 1. The maximum absolute atomic E-state index is 13.2. The van der Waals surface area contributed by atoms with Crippen molar-refractivity contribution in [2.75, 3.05) is 38.6 Å². The smallest absolute Gasteiger partial charge is 0.321 e. The standard InChI is InChI=1S/C27H27FN4O3/c1-18-4-10-23-25(16-18)35-24-11-9-21(34-2)17-22(24)26(30-23)31-12-3-13-32(15-14-31)27(33)29-20-7-5-19(28)6-8-20/h4-11,16-17H,3,12-15H2,1-2H3,(H,29,33). The quantitative estimate of drug-likeness (QED) is 0.528. The van der Waals surface area contributed by atoms with E-state index in [2.05, 4.69) is 10.2 Å². The van der Waals surface area contributed by atoms with Crippen LogP contribution < -0.4 is 14.8 Å². The van der Waals surface area contributed by atoms with Crippen molar-refractivity contribution in [3.8, 4) is 17.2 Å². The number of benzene rings is 3. The van der Waals surface area contributed by atoms with Gasteiger partial charge < -0.3 is 24.6 Å². The number of anilines is 1. The van der Waals surface area contributed by atoms with Crippen molar-refractivity contribution in [3.05, 3.63) is 77.6 Å². The zero-order chi connectivity index (χ0) is 24.4. The van der Waals surface area contributed by atoms with E-state index in [-0.39, 0.29) is 11.8 Å². The predicted octanol–water partition coefficient (Wildman–Crippen LogP) is 5.57. The number of amidine groups is 1. The third-order valence-corrected chi connectivity index (χ3v) is 6.17. The van der Waals surface area contributed by atoms with E-state index < -0.39 is 0 Å². The summed E-state index contributed by atoms with van der Waals surface area (Å²) in [6, 6.07) is 17.3. The van der Waals surface area contributed by atoms with Gasteiger partial charge in [0.05, 0.1) is 12.7 Å². The highest BCUT2D eigenvalue weighted by Crippen LogP contribution is 2.40. The van der Waals surface area contributed by atoms with Crippen molar-refractivity contribution >= 4 is 23.2 Å². The van der Waals surface area contributed by atoms with Crippen LogP contribution in [0.4, 0.5) is 20.6 Å². The lowest BCUT2D eigenvalue weighted by Crippen LogP contribution is -2.39. The molecule has 2 aliphatic heterocycles. The van der Waals surface area contributed by atoms with Gasteiger partial charge in [-0.2, -0.15) is 0 Å². The average molecular weight is 475 g/mol. The second-order valence-electron chi connectivity index (χ2n) is 8.64. The van der Waals surface area contributed by atoms with E-state index in [1.807, 2.05) is 43.3 Å². The molecule has 0 saturated carbocycles. The first-order valence-corrected chi connectivity index (χ1v) is 11.6. The average Bonchev–Trinajstić information content (AvgIpc) is 3.20. The number of urea groups is 1. The summed E-state index contributed by atoms with van der Waals surface area (Å²) in [6.45, 7) is 4.49. The number of halogens is 1. The Morgan fingerprint density at radius 3 is 2.63 bits per heavy atom. The summed E-state index contributed by atoms with van der Waals surface area (Å²) in [7, 11) is 1.64. The van der Waals surface area contributed by atoms with E-state index in [1.54, 1.807) is 24.1 Å². The first-order chi connectivity index (χ1) is 17.0. The summed E-state index contributed by atoms with van der Waals surface area (Å²) in [5.41, 5.74) is 3.27. The van der Waals surface area contributed by atoms with Crippen molar-refractivity contribution in [2.45, 2.75) is 13.3 Å². The van der Waals surface area contributed by atoms with Gasteiger partial charge in [0.15, 0.2) is 5.75 Å². The minimum absolute atomic E-state index is 0.201. The number of rotatable bonds is 2. The fourth-order valence-electron chi connectivity index (χ4n) is 4.30. The molecule has 2 amide bonds. The summed E-state index contributed by atoms with van der Waals surface area (Å²) in [4.78, 5) is 21.8. The fraction of sp³-hybridized carbons (Fsp3) is 0.259. The molecule has 0 aromatic heterocycles. The molecule has 0 unspecified atom stereocenters. The van der Waals surface area contributed by atoms with E-state index in [0.717, 1.165) is 41.4 Å². The molecule has 2 heterocycles. The third-order valence-electron chi connectivity index (χ3n) is 6.17. The van der Waals surface area contributed by atoms with Crippen molar-refractivity contribution in [3.63, 3.8) is 0 Å². The zero-order valence-corrected chi connectivity index (χ0v) is 19.8. The van der Waals surface area contributed by atoms with Crippen LogP contribution in [-0.2, 0) is 0 Å². The van der Waals surface area contributed by atoms with Crippen LogP contribution in [0.15, 0.2) is 65.7 Å². The molecule has 1 saturated heterocycles. The van der Waals surface area contributed by atoms with Gasteiger partial charge in [-0.3, -0.25) is 0 Å². The summed E-state index contributed by atoms with van der Waals surface area (Å²) in [5.74, 6) is 2.60. The molecule has 35 heavy (non-hydrogen) atoms. The molecule has 0 aliphatic carbocycles. The first kappa shape index (κ1) is 22.7. The highest BCUT2D eigenvalue weighted by Gasteiger charge is 2.26. The number of amides is 2. The van der Waals surface area contributed by atoms with Crippen LogP contribution in [0.1, 0.15) is 17.5 Å². The number of nitrogens with one attached hydrogen (secondary N) is 1. The van der Waals surface area contributed by atoms with E-state index in [1.165, 1.54) is 12.1 Å². The minimum atomic E-state index is -0.338. The Kier molecular flexibility index (Phi) is 6.27. The van der Waals surface area contributed by atoms with Gasteiger partial charge in [-0.25, -0.2) is 14.2 Å². The summed E-state index contributed by atoms with van der Waals surface area (Å²) < 4.78 is 24.9. The Morgan fingerprint density at radius 1 is 1.00 bits per heavy atom. The Balaban J connectivity index is 1.40. The van der Waals surface area contributed by atoms with E-state index in [9.17, 15) is 9.18 Å². The second-order valence-corrected chi connectivity index (χ2v) is 8.64. The summed E-state index contributed by atoms with van der Waals surface area (Å²) in [5, 5.41) is 2.86. The molecule has 0 bridgehead atoms. The van der Waals surface area contributed by atoms with Gasteiger partial charge in [0.25, 0.3) is 0 Å². The van der Waals surface area contributed by atoms with E-state index in [0.29, 0.717) is 36.8 Å². The van der Waals surface area contributed by atoms with Crippen LogP contribution in [0, 0.1) is 12.7 Å². The maximum Gasteiger partial charge on any atom is 0.321 e. The van der Waals surface area contributed by atoms with Gasteiger partial charge in [0.1, 0.15) is 28.8 Å². The van der Waals surface area contributed by atoms with Gasteiger partial charge in [-0.15, -0.1) is 0 Å². The highest BCUT2D eigenvalue weighted by molar-refractivity contribution is 6.04. The number of methoxy groups -OCH3 is 1. The van der Waals surface area contributed by atoms with Gasteiger partial charge in [0, 0.05) is 31.9 Å². The number of carbonyl (C=O) groups excluding carboxylic acids is 1. The summed E-state index contributed by atoms with van der Waals surface area (Å²) in [6.07, 6.45) is 0.775. The van der Waals surface area contributed by atoms with Crippen molar-refractivity contribution in [1.29, 1.82) is 0 Å². The molecule has 7 nitrogen and oxygen atoms in total. The molecule has 5 rings (SSSR count). The lowest BCUT2D eigenvalue weighted by Gasteiger charge is -2.25. The predicted molar refractivity (Wildman–Crippen MR) is 134 cm³/mol. The normalized spacial score (nSPS) is 15.1. The van der Waals surface area contributed by atoms with E-state index >= 15 is 0 Å². The number of hydrogen-bond acceptors (Lipinski definition) is 5. The zero-order valence-electron chi connectivity index (χ0n) is 19.8. The molecule has 3 aromatic carbocycles. The van der Waals surface area contributed by atoms with Crippen molar-refractivity contribution in [2.24, 2.45) is 4.99 Å². The molecule has 8 heteroatoms. The second kappa shape index (κ2) is 9.66. The molecular weight excluding hydrogens is 447 g/mol. The maximum atomic E-state index is 13.2. The number of aryl methyl sites for hydroxylation is 1. The SMILES string of the molecule is COc1ccc2c(c1)C(N1CCCN(C(=O)Nc3ccc(F)cc3)CC1)=Nc1ccc(C)cc1O2. The van der Waals surface area contributed by atoms with Crippen molar-refractivity contribution < 1.29 is 18.7 Å². The van der Waals surface area contributed by atoms with Crippen LogP contribution in [0.3, 0.4) is 0 Å². The van der Waals surface area contributed by atoms with Gasteiger partial charge in [-0.05, 0) is 73.5 Å². The monoisotopic (exact) mass is 474 g/mol. The van der Waals surface area contributed by atoms with Gasteiger partial charge >= 0.3 is 6.03 Å². The number of carbonyl (C=O) groups is 1. The number of ether oxygens (including phenoxy) is 2. The molecule has 2 aliphatic rings. The van der Waals surface area contributed by atoms with Crippen LogP contribution in [0.25, 0.3) is 0 Å². The topological polar surface area (TPSA) is 66.4 Å². The van der Waals surface area contributed by atoms with Crippen molar-refractivity contribution in [1.82, 2.24) is 9.80 Å². The lowest BCUT2D eigenvalue weighted by molar-refractivity contribution is 0.214. The molecule has 0 radical (unpaired) electrons. The van der Waals surface area contributed by atoms with Crippen LogP contribution in [0.2, 0.25) is 0 Å². The number of hydrogen-bond donors (Lipinski definition) is 1. The summed E-state index contributed by atoms with van der Waals surface area (Å²) >= 11 is 0.